The summed E-state index contributed by atoms with van der Waals surface area (Å²) in [7, 11) is 0. The Kier molecular flexibility index (Phi) is 9.28. The first-order valence-corrected chi connectivity index (χ1v) is 6.86. The van der Waals surface area contributed by atoms with Crippen LogP contribution in [0.15, 0.2) is 0 Å². The lowest BCUT2D eigenvalue weighted by atomic mass is 10.2. The van der Waals surface area contributed by atoms with Crippen molar-refractivity contribution in [2.24, 2.45) is 0 Å². The van der Waals surface area contributed by atoms with Crippen LogP contribution in [-0.2, 0) is 9.59 Å². The van der Waals surface area contributed by atoms with E-state index in [0.29, 0.717) is 13.1 Å². The molecule has 2 amide bonds. The Labute approximate surface area is 110 Å². The van der Waals surface area contributed by atoms with Crippen LogP contribution in [0.1, 0.15) is 40.5 Å². The molecule has 0 saturated carbocycles. The van der Waals surface area contributed by atoms with Crippen molar-refractivity contribution in [3.05, 3.63) is 0 Å². The molecular weight excluding hydrogens is 230 g/mol. The summed E-state index contributed by atoms with van der Waals surface area (Å²) >= 11 is 0. The zero-order valence-electron chi connectivity index (χ0n) is 12.1. The minimum atomic E-state index is -0.0453. The molecule has 2 N–H and O–H groups in total. The van der Waals surface area contributed by atoms with E-state index in [1.54, 1.807) is 4.90 Å². The van der Waals surface area contributed by atoms with E-state index in [-0.39, 0.29) is 30.9 Å². The molecule has 106 valence electrons. The average Bonchev–Trinajstić information content (AvgIpc) is 2.37. The van der Waals surface area contributed by atoms with E-state index < -0.39 is 0 Å². The summed E-state index contributed by atoms with van der Waals surface area (Å²) < 4.78 is 0. The second-order valence-corrected chi connectivity index (χ2v) is 4.25. The number of likely N-dealkylation sites (N-methyl/N-ethyl adjacent to an activating group) is 1. The number of carbonyl (C=O) groups excluding carboxylic acids is 2. The van der Waals surface area contributed by atoms with Crippen molar-refractivity contribution in [3.63, 3.8) is 0 Å². The SMILES string of the molecule is CCC(CC)NC(=O)CNCC(=O)N(CC)CC. The van der Waals surface area contributed by atoms with Crippen LogP contribution in [-0.4, -0.2) is 48.9 Å². The highest BCUT2D eigenvalue weighted by Gasteiger charge is 2.11. The molecular formula is C13H27N3O2. The molecule has 18 heavy (non-hydrogen) atoms. The van der Waals surface area contributed by atoms with Crippen LogP contribution in [0, 0.1) is 0 Å². The maximum atomic E-state index is 11.7. The van der Waals surface area contributed by atoms with E-state index >= 15 is 0 Å². The first-order valence-electron chi connectivity index (χ1n) is 6.86. The Morgan fingerprint density at radius 3 is 2.00 bits per heavy atom. The third kappa shape index (κ3) is 6.59. The van der Waals surface area contributed by atoms with E-state index in [1.807, 2.05) is 27.7 Å². The molecule has 0 spiro atoms. The lowest BCUT2D eigenvalue weighted by Crippen LogP contribution is -2.43. The molecule has 0 aliphatic rings. The van der Waals surface area contributed by atoms with Crippen molar-refractivity contribution >= 4 is 11.8 Å². The number of hydrogen-bond acceptors (Lipinski definition) is 3. The lowest BCUT2D eigenvalue weighted by molar-refractivity contribution is -0.129. The van der Waals surface area contributed by atoms with Gasteiger partial charge in [-0.25, -0.2) is 0 Å². The normalized spacial score (nSPS) is 10.5. The zero-order chi connectivity index (χ0) is 14.0. The van der Waals surface area contributed by atoms with E-state index in [4.69, 9.17) is 0 Å². The Balaban J connectivity index is 3.83. The van der Waals surface area contributed by atoms with Gasteiger partial charge in [0.1, 0.15) is 0 Å². The molecule has 0 rings (SSSR count). The maximum Gasteiger partial charge on any atom is 0.236 e. The summed E-state index contributed by atoms with van der Waals surface area (Å²) in [6.45, 7) is 9.81. The standard InChI is InChI=1S/C13H27N3O2/c1-5-11(6-2)15-12(17)9-14-10-13(18)16(7-3)8-4/h11,14H,5-10H2,1-4H3,(H,15,17). The fraction of sp³-hybridized carbons (Fsp3) is 0.846. The summed E-state index contributed by atoms with van der Waals surface area (Å²) in [5.74, 6) is -0.00798. The number of nitrogens with zero attached hydrogens (tertiary/aromatic N) is 1. The molecule has 0 atom stereocenters. The first kappa shape index (κ1) is 16.9. The second-order valence-electron chi connectivity index (χ2n) is 4.25. The van der Waals surface area contributed by atoms with Gasteiger partial charge in [0.25, 0.3) is 0 Å². The topological polar surface area (TPSA) is 61.4 Å². The van der Waals surface area contributed by atoms with Crippen LogP contribution in [0.5, 0.6) is 0 Å². The molecule has 5 nitrogen and oxygen atoms in total. The summed E-state index contributed by atoms with van der Waals surface area (Å²) in [5, 5.41) is 5.81. The van der Waals surface area contributed by atoms with Gasteiger partial charge in [0.05, 0.1) is 13.1 Å². The van der Waals surface area contributed by atoms with Crippen molar-refractivity contribution in [2.75, 3.05) is 26.2 Å². The van der Waals surface area contributed by atoms with E-state index in [2.05, 4.69) is 10.6 Å². The van der Waals surface area contributed by atoms with Crippen molar-refractivity contribution in [1.82, 2.24) is 15.5 Å². The molecule has 0 aliphatic carbocycles. The molecule has 0 aromatic heterocycles. The molecule has 0 aromatic rings. The first-order chi connectivity index (χ1) is 8.58. The Morgan fingerprint density at radius 2 is 1.56 bits per heavy atom. The molecule has 0 unspecified atom stereocenters. The van der Waals surface area contributed by atoms with Gasteiger partial charge in [0.15, 0.2) is 0 Å². The summed E-state index contributed by atoms with van der Waals surface area (Å²) in [6.07, 6.45) is 1.86. The number of rotatable bonds is 9. The third-order valence-corrected chi connectivity index (χ3v) is 3.03. The largest absolute Gasteiger partial charge is 0.352 e. The van der Waals surface area contributed by atoms with Crippen molar-refractivity contribution in [1.29, 1.82) is 0 Å². The van der Waals surface area contributed by atoms with Gasteiger partial charge in [-0.15, -0.1) is 0 Å². The quantitative estimate of drug-likeness (QED) is 0.641. The average molecular weight is 257 g/mol. The molecule has 0 radical (unpaired) electrons. The minimum absolute atomic E-state index is 0.0373. The van der Waals surface area contributed by atoms with Crippen molar-refractivity contribution < 1.29 is 9.59 Å². The van der Waals surface area contributed by atoms with Gasteiger partial charge in [-0.05, 0) is 26.7 Å². The predicted octanol–water partition coefficient (Wildman–Crippen LogP) is 0.749. The summed E-state index contributed by atoms with van der Waals surface area (Å²) in [6, 6.07) is 0.234. The monoisotopic (exact) mass is 257 g/mol. The number of carbonyl (C=O) groups is 2. The molecule has 0 aromatic carbocycles. The molecule has 0 saturated heterocycles. The van der Waals surface area contributed by atoms with Crippen LogP contribution >= 0.6 is 0 Å². The van der Waals surface area contributed by atoms with Crippen molar-refractivity contribution in [3.8, 4) is 0 Å². The van der Waals surface area contributed by atoms with E-state index in [1.165, 1.54) is 0 Å². The predicted molar refractivity (Wildman–Crippen MR) is 73.3 cm³/mol. The van der Waals surface area contributed by atoms with Gasteiger partial charge in [-0.1, -0.05) is 13.8 Å². The molecule has 0 bridgehead atoms. The van der Waals surface area contributed by atoms with Gasteiger partial charge in [0.2, 0.25) is 11.8 Å². The Bertz CT molecular complexity index is 249. The smallest absolute Gasteiger partial charge is 0.236 e. The number of nitrogens with one attached hydrogen (secondary N) is 2. The van der Waals surface area contributed by atoms with Gasteiger partial charge in [-0.2, -0.15) is 0 Å². The maximum absolute atomic E-state index is 11.7. The zero-order valence-corrected chi connectivity index (χ0v) is 12.1. The molecule has 0 aliphatic heterocycles. The summed E-state index contributed by atoms with van der Waals surface area (Å²) in [5.41, 5.74) is 0. The van der Waals surface area contributed by atoms with Gasteiger partial charge < -0.3 is 10.2 Å². The lowest BCUT2D eigenvalue weighted by Gasteiger charge is -2.19. The highest BCUT2D eigenvalue weighted by atomic mass is 16.2. The Morgan fingerprint density at radius 1 is 1.00 bits per heavy atom. The van der Waals surface area contributed by atoms with Gasteiger partial charge >= 0.3 is 0 Å². The Hall–Kier alpha value is -1.10. The molecule has 0 heterocycles. The van der Waals surface area contributed by atoms with E-state index in [0.717, 1.165) is 12.8 Å². The number of hydrogen-bond donors (Lipinski definition) is 2. The second kappa shape index (κ2) is 9.88. The van der Waals surface area contributed by atoms with Gasteiger partial charge in [-0.3, -0.25) is 14.9 Å². The van der Waals surface area contributed by atoms with Crippen LogP contribution in [0.2, 0.25) is 0 Å². The number of amides is 2. The van der Waals surface area contributed by atoms with Crippen LogP contribution in [0.3, 0.4) is 0 Å². The molecule has 0 fully saturated rings. The van der Waals surface area contributed by atoms with Crippen molar-refractivity contribution in [2.45, 2.75) is 46.6 Å². The van der Waals surface area contributed by atoms with E-state index in [9.17, 15) is 9.59 Å². The van der Waals surface area contributed by atoms with Gasteiger partial charge in [0, 0.05) is 19.1 Å². The van der Waals surface area contributed by atoms with Crippen LogP contribution in [0.25, 0.3) is 0 Å². The summed E-state index contributed by atoms with van der Waals surface area (Å²) in [4.78, 5) is 25.0. The fourth-order valence-electron chi connectivity index (χ4n) is 1.74. The minimum Gasteiger partial charge on any atom is -0.352 e. The molecule has 5 heteroatoms. The third-order valence-electron chi connectivity index (χ3n) is 3.03. The highest BCUT2D eigenvalue weighted by molar-refractivity contribution is 5.81. The van der Waals surface area contributed by atoms with Crippen LogP contribution < -0.4 is 10.6 Å². The van der Waals surface area contributed by atoms with Crippen LogP contribution in [0.4, 0.5) is 0 Å². The fourth-order valence-corrected chi connectivity index (χ4v) is 1.74. The highest BCUT2D eigenvalue weighted by Crippen LogP contribution is 1.95.